The van der Waals surface area contributed by atoms with E-state index in [0.717, 1.165) is 0 Å². The number of hydrazine groups is 3. The van der Waals surface area contributed by atoms with Crippen molar-refractivity contribution in [3.05, 3.63) is 47.8 Å². The van der Waals surface area contributed by atoms with Crippen LogP contribution < -0.4 is 34.2 Å². The summed E-state index contributed by atoms with van der Waals surface area (Å²) >= 11 is 0. The van der Waals surface area contributed by atoms with Gasteiger partial charge in [0, 0.05) is 18.8 Å². The van der Waals surface area contributed by atoms with Gasteiger partial charge in [0.15, 0.2) is 5.90 Å². The molecular weight excluding hydrogens is 450 g/mol. The summed E-state index contributed by atoms with van der Waals surface area (Å²) in [4.78, 5) is 52.5. The third-order valence-electron chi connectivity index (χ3n) is 3.27. The summed E-state index contributed by atoms with van der Waals surface area (Å²) in [6.07, 6.45) is 1.84. The summed E-state index contributed by atoms with van der Waals surface area (Å²) < 4.78 is 9.45. The minimum atomic E-state index is -0.899. The molecule has 0 radical (unpaired) electrons. The maximum absolute atomic E-state index is 11.9. The first-order valence-corrected chi connectivity index (χ1v) is 9.36. The summed E-state index contributed by atoms with van der Waals surface area (Å²) in [5, 5.41) is 7.61. The zero-order valence-corrected chi connectivity index (χ0v) is 18.5. The summed E-state index contributed by atoms with van der Waals surface area (Å²) in [6, 6.07) is 5.67. The Hall–Kier alpha value is -4.31. The lowest BCUT2D eigenvalue weighted by molar-refractivity contribution is -0.137. The van der Waals surface area contributed by atoms with Gasteiger partial charge in [-0.2, -0.15) is 0 Å². The molecule has 0 spiro atoms. The number of esters is 3. The largest absolute Gasteiger partial charge is 0.409 e. The molecule has 2 aromatic heterocycles. The Kier molecular flexibility index (Phi) is 14.3. The Balaban J connectivity index is 0.00000164. The highest BCUT2D eigenvalue weighted by Gasteiger charge is 2.16. The van der Waals surface area contributed by atoms with E-state index < -0.39 is 23.8 Å². The smallest absolute Gasteiger partial charge is 0.347 e. The highest BCUT2D eigenvalue weighted by atomic mass is 16.6. The second kappa shape index (κ2) is 16.3. The van der Waals surface area contributed by atoms with Gasteiger partial charge in [0.05, 0.1) is 17.5 Å². The Labute approximate surface area is 194 Å². The van der Waals surface area contributed by atoms with E-state index in [2.05, 4.69) is 37.2 Å². The van der Waals surface area contributed by atoms with E-state index in [4.69, 9.17) is 21.8 Å². The van der Waals surface area contributed by atoms with Gasteiger partial charge in [-0.25, -0.2) is 31.2 Å². The average molecular weight is 477 g/mol. The fourth-order valence-corrected chi connectivity index (χ4v) is 1.85. The number of aromatic nitrogens is 2. The molecule has 0 aliphatic heterocycles. The Morgan fingerprint density at radius 2 is 1.24 bits per heavy atom. The third-order valence-corrected chi connectivity index (χ3v) is 3.27. The van der Waals surface area contributed by atoms with Gasteiger partial charge in [0.25, 0.3) is 0 Å². The molecule has 2 heterocycles. The quantitative estimate of drug-likeness (QED) is 0.0677. The van der Waals surface area contributed by atoms with Crippen molar-refractivity contribution in [2.45, 2.75) is 26.7 Å². The van der Waals surface area contributed by atoms with Gasteiger partial charge in [-0.3, -0.25) is 21.9 Å². The fourth-order valence-electron chi connectivity index (χ4n) is 1.85. The fraction of sp³-hybridized carbons (Fsp3) is 0.211. The number of carbonyl (C=O) groups is 4. The van der Waals surface area contributed by atoms with Crippen molar-refractivity contribution in [1.29, 1.82) is 5.41 Å². The van der Waals surface area contributed by atoms with E-state index in [1.165, 1.54) is 50.5 Å². The summed E-state index contributed by atoms with van der Waals surface area (Å²) in [6.45, 7) is 3.06. The van der Waals surface area contributed by atoms with E-state index >= 15 is 0 Å². The van der Waals surface area contributed by atoms with E-state index in [1.807, 2.05) is 0 Å². The molecule has 11 N–H and O–H groups in total. The van der Waals surface area contributed by atoms with Crippen molar-refractivity contribution in [2.24, 2.45) is 23.4 Å². The zero-order valence-electron chi connectivity index (χ0n) is 18.5. The molecule has 0 atom stereocenters. The predicted molar refractivity (Wildman–Crippen MR) is 122 cm³/mol. The van der Waals surface area contributed by atoms with E-state index in [0.29, 0.717) is 11.6 Å². The van der Waals surface area contributed by atoms with Crippen LogP contribution in [0.4, 0.5) is 11.6 Å². The molecule has 2 rings (SSSR count). The Morgan fingerprint density at radius 1 is 0.824 bits per heavy atom. The molecule has 0 saturated heterocycles. The lowest BCUT2D eigenvalue weighted by Gasteiger charge is -2.06. The number of nitrogens with one attached hydrogen (secondary N) is 3. The maximum atomic E-state index is 11.9. The minimum absolute atomic E-state index is 0.0526. The number of hydrogen-bond acceptors (Lipinski definition) is 15. The van der Waals surface area contributed by atoms with Gasteiger partial charge in [0.1, 0.15) is 17.4 Å². The van der Waals surface area contributed by atoms with E-state index in [9.17, 15) is 19.2 Å². The summed E-state index contributed by atoms with van der Waals surface area (Å²) in [5.41, 5.74) is 4.75. The van der Waals surface area contributed by atoms with Crippen LogP contribution in [0.1, 0.15) is 47.4 Å². The number of anilines is 2. The Morgan fingerprint density at radius 3 is 1.59 bits per heavy atom. The SMILES string of the molecule is CC(C)=O.N=C(CCC(=O)OC(=O)c1ccc(NN)nc1)OC(=O)c1ccc(NN)nc1.NN. The van der Waals surface area contributed by atoms with Crippen LogP contribution >= 0.6 is 0 Å². The molecule has 0 aliphatic rings. The van der Waals surface area contributed by atoms with Gasteiger partial charge >= 0.3 is 17.9 Å². The first kappa shape index (κ1) is 29.7. The number of nitrogens with two attached hydrogens (primary N) is 4. The molecule has 0 saturated carbocycles. The molecule has 0 amide bonds. The lowest BCUT2D eigenvalue weighted by atomic mass is 10.2. The summed E-state index contributed by atoms with van der Waals surface area (Å²) in [5.74, 6) is 16.1. The Bertz CT molecular complexity index is 888. The maximum Gasteiger partial charge on any atom is 0.347 e. The van der Waals surface area contributed by atoms with Crippen molar-refractivity contribution < 1.29 is 28.7 Å². The van der Waals surface area contributed by atoms with Crippen molar-refractivity contribution >= 4 is 41.2 Å². The predicted octanol–water partition coefficient (Wildman–Crippen LogP) is -0.240. The first-order valence-electron chi connectivity index (χ1n) is 9.36. The molecule has 0 aromatic carbocycles. The number of ether oxygens (including phenoxy) is 2. The van der Waals surface area contributed by atoms with Crippen molar-refractivity contribution in [1.82, 2.24) is 9.97 Å². The van der Waals surface area contributed by atoms with Crippen molar-refractivity contribution in [3.8, 4) is 0 Å². The molecule has 0 aliphatic carbocycles. The number of ketones is 1. The molecule has 2 aromatic rings. The van der Waals surface area contributed by atoms with Crippen LogP contribution in [0.25, 0.3) is 0 Å². The summed E-state index contributed by atoms with van der Waals surface area (Å²) in [7, 11) is 0. The first-order chi connectivity index (χ1) is 16.2. The molecule has 15 heteroatoms. The number of nitrogens with zero attached hydrogens (tertiary/aromatic N) is 2. The highest BCUT2D eigenvalue weighted by molar-refractivity contribution is 5.99. The van der Waals surface area contributed by atoms with Gasteiger partial charge in [-0.1, -0.05) is 0 Å². The molecule has 0 bridgehead atoms. The average Bonchev–Trinajstić information content (AvgIpc) is 2.83. The second-order valence-electron chi connectivity index (χ2n) is 6.14. The minimum Gasteiger partial charge on any atom is -0.409 e. The van der Waals surface area contributed by atoms with Crippen LogP contribution in [0.3, 0.4) is 0 Å². The van der Waals surface area contributed by atoms with Crippen LogP contribution in [0.15, 0.2) is 36.7 Å². The van der Waals surface area contributed by atoms with Crippen LogP contribution in [0, 0.1) is 5.41 Å². The standard InChI is InChI=1S/C16H17N7O5.C3H6O.H4N2/c17-11(27-15(25)9-1-4-12(22-18)20-7-9)3-6-14(24)28-16(26)10-2-5-13(23-19)21-8-10;1-3(2)4;1-2/h1-2,4-5,7-8,17H,3,6,18-19H2,(H,20,22)(H,21,23);1-2H3;1-2H2. The van der Waals surface area contributed by atoms with Crippen molar-refractivity contribution in [3.63, 3.8) is 0 Å². The van der Waals surface area contributed by atoms with Crippen LogP contribution in [-0.4, -0.2) is 39.6 Å². The molecule has 184 valence electrons. The number of rotatable bonds is 7. The monoisotopic (exact) mass is 477 g/mol. The topological polar surface area (TPSA) is 265 Å². The van der Waals surface area contributed by atoms with Crippen molar-refractivity contribution in [2.75, 3.05) is 10.9 Å². The molecular formula is C19H27N9O6. The number of pyridine rings is 2. The second-order valence-corrected chi connectivity index (χ2v) is 6.14. The lowest BCUT2D eigenvalue weighted by Crippen LogP contribution is -2.17. The van der Waals surface area contributed by atoms with Gasteiger partial charge < -0.3 is 25.1 Å². The van der Waals surface area contributed by atoms with Crippen LogP contribution in [0.5, 0.6) is 0 Å². The van der Waals surface area contributed by atoms with Gasteiger partial charge in [-0.05, 0) is 38.1 Å². The van der Waals surface area contributed by atoms with Crippen LogP contribution in [-0.2, 0) is 19.1 Å². The van der Waals surface area contributed by atoms with E-state index in [1.54, 1.807) is 0 Å². The van der Waals surface area contributed by atoms with E-state index in [-0.39, 0.29) is 29.8 Å². The third kappa shape index (κ3) is 11.9. The number of carbonyl (C=O) groups excluding carboxylic acids is 4. The number of nitrogen functional groups attached to an aromatic ring is 2. The zero-order chi connectivity index (χ0) is 26.1. The molecule has 15 nitrogen and oxygen atoms in total. The highest BCUT2D eigenvalue weighted by Crippen LogP contribution is 2.08. The molecule has 34 heavy (non-hydrogen) atoms. The normalized spacial score (nSPS) is 9.12. The van der Waals surface area contributed by atoms with Crippen LogP contribution in [0.2, 0.25) is 0 Å². The molecule has 0 fully saturated rings. The van der Waals surface area contributed by atoms with Gasteiger partial charge in [0.2, 0.25) is 0 Å². The number of Topliss-reactive ketones (excluding diaryl/α,β-unsaturated/α-hetero) is 1. The number of hydrogen-bond donors (Lipinski definition) is 7. The van der Waals surface area contributed by atoms with Gasteiger partial charge in [-0.15, -0.1) is 0 Å². The molecule has 0 unspecified atom stereocenters.